The van der Waals surface area contributed by atoms with Gasteiger partial charge in [-0.15, -0.1) is 0 Å². The van der Waals surface area contributed by atoms with Gasteiger partial charge in [-0.2, -0.15) is 0 Å². The molecule has 0 amide bonds. The third kappa shape index (κ3) is 6.59. The molecule has 0 aliphatic carbocycles. The maximum atomic E-state index is 14.1. The number of para-hydroxylation sites is 1. The highest BCUT2D eigenvalue weighted by atomic mass is 32.2. The van der Waals surface area contributed by atoms with Gasteiger partial charge >= 0.3 is 0 Å². The molecule has 6 heteroatoms. The number of halogens is 1. The van der Waals surface area contributed by atoms with Crippen molar-refractivity contribution in [2.75, 3.05) is 5.32 Å². The van der Waals surface area contributed by atoms with Gasteiger partial charge in [0.1, 0.15) is 5.75 Å². The quantitative estimate of drug-likeness (QED) is 0.385. The lowest BCUT2D eigenvalue weighted by atomic mass is 9.92. The maximum Gasteiger partial charge on any atom is 0.193 e. The molecule has 2 rings (SSSR count). The number of carbonyl (C=O) groups excluding carboxylic acids is 1. The van der Waals surface area contributed by atoms with Crippen LogP contribution >= 0.6 is 11.8 Å². The zero-order chi connectivity index (χ0) is 22.4. The van der Waals surface area contributed by atoms with E-state index in [9.17, 15) is 9.18 Å². The van der Waals surface area contributed by atoms with E-state index in [1.807, 2.05) is 26.0 Å². The molecule has 0 saturated heterocycles. The topological polar surface area (TPSA) is 50.7 Å². The minimum absolute atomic E-state index is 0.0291. The largest absolute Gasteiger partial charge is 0.454 e. The number of hydrogen-bond acceptors (Lipinski definition) is 4. The van der Waals surface area contributed by atoms with Crippen molar-refractivity contribution in [2.45, 2.75) is 66.3 Å². The van der Waals surface area contributed by atoms with E-state index in [0.29, 0.717) is 10.9 Å². The maximum absolute atomic E-state index is 14.1. The number of ether oxygens (including phenoxy) is 1. The van der Waals surface area contributed by atoms with Gasteiger partial charge in [0.15, 0.2) is 21.8 Å². The predicted molar refractivity (Wildman–Crippen MR) is 126 cm³/mol. The molecule has 0 aromatic heterocycles. The summed E-state index contributed by atoms with van der Waals surface area (Å²) in [4.78, 5) is 16.3. The minimum atomic E-state index is -0.402. The van der Waals surface area contributed by atoms with Crippen molar-refractivity contribution in [2.24, 2.45) is 4.99 Å². The third-order valence-corrected chi connectivity index (χ3v) is 5.02. The van der Waals surface area contributed by atoms with Crippen LogP contribution in [-0.4, -0.2) is 16.3 Å². The van der Waals surface area contributed by atoms with Crippen LogP contribution in [0.4, 0.5) is 10.1 Å². The first kappa shape index (κ1) is 23.9. The van der Waals surface area contributed by atoms with Crippen molar-refractivity contribution in [3.05, 3.63) is 53.3 Å². The summed E-state index contributed by atoms with van der Waals surface area (Å²) in [5, 5.41) is 3.95. The zero-order valence-corrected chi connectivity index (χ0v) is 19.6. The highest BCUT2D eigenvalue weighted by Crippen LogP contribution is 2.38. The van der Waals surface area contributed by atoms with Crippen LogP contribution in [0.1, 0.15) is 71.4 Å². The van der Waals surface area contributed by atoms with Gasteiger partial charge in [-0.25, -0.2) is 4.39 Å². The Labute approximate surface area is 183 Å². The molecule has 0 fully saturated rings. The van der Waals surface area contributed by atoms with E-state index in [-0.39, 0.29) is 28.7 Å². The number of anilines is 1. The summed E-state index contributed by atoms with van der Waals surface area (Å²) in [7, 11) is 0. The number of hydrogen-bond donors (Lipinski definition) is 1. The van der Waals surface area contributed by atoms with E-state index in [4.69, 9.17) is 4.74 Å². The average molecular weight is 431 g/mol. The molecule has 0 bridgehead atoms. The molecule has 0 unspecified atom stereocenters. The number of rotatable bonds is 6. The van der Waals surface area contributed by atoms with Crippen molar-refractivity contribution in [3.63, 3.8) is 0 Å². The predicted octanol–water partition coefficient (Wildman–Crippen LogP) is 7.32. The number of amidine groups is 1. The number of nitrogens with zero attached hydrogens (tertiary/aromatic N) is 1. The summed E-state index contributed by atoms with van der Waals surface area (Å²) < 4.78 is 20.0. The molecule has 162 valence electrons. The number of aliphatic imine (C=N–C) groups is 1. The lowest BCUT2D eigenvalue weighted by molar-refractivity contribution is -0.109. The molecule has 0 radical (unpaired) electrons. The normalized spacial score (nSPS) is 12.0. The second-order valence-electron chi connectivity index (χ2n) is 8.07. The smallest absolute Gasteiger partial charge is 0.193 e. The van der Waals surface area contributed by atoms with E-state index < -0.39 is 5.82 Å². The fourth-order valence-corrected chi connectivity index (χ4v) is 3.68. The van der Waals surface area contributed by atoms with Crippen LogP contribution in [0.25, 0.3) is 0 Å². The average Bonchev–Trinajstić information content (AvgIpc) is 2.63. The Morgan fingerprint density at radius 2 is 1.60 bits per heavy atom. The van der Waals surface area contributed by atoms with Gasteiger partial charge in [0.05, 0.1) is 0 Å². The molecule has 0 atom stereocenters. The third-order valence-electron chi connectivity index (χ3n) is 4.33. The fourth-order valence-electron chi connectivity index (χ4n) is 2.99. The van der Waals surface area contributed by atoms with Crippen LogP contribution < -0.4 is 10.1 Å². The van der Waals surface area contributed by atoms with Crippen molar-refractivity contribution in [3.8, 4) is 11.5 Å². The Morgan fingerprint density at radius 3 is 2.07 bits per heavy atom. The number of carbonyl (C=O) groups is 1. The Kier molecular flexibility index (Phi) is 8.47. The van der Waals surface area contributed by atoms with Crippen LogP contribution in [0.2, 0.25) is 0 Å². The lowest BCUT2D eigenvalue weighted by Gasteiger charge is -2.23. The van der Waals surface area contributed by atoms with E-state index in [0.717, 1.165) is 28.6 Å². The highest BCUT2D eigenvalue weighted by molar-refractivity contribution is 8.26. The van der Waals surface area contributed by atoms with Gasteiger partial charge in [0.25, 0.3) is 0 Å². The standard InChI is InChI=1S/C24H31FN2O2S/c1-14(2)19-12-18(29-22-11-9-8-10-21(22)25)13-20(15(3)4)23(19)27-24(26-16(5)6)30-17(7)28/h8-16H,1-7H3,(H,26,27). The number of thioether (sulfide) groups is 1. The van der Waals surface area contributed by atoms with E-state index in [2.05, 4.69) is 38.0 Å². The summed E-state index contributed by atoms with van der Waals surface area (Å²) >= 11 is 1.09. The first-order valence-corrected chi connectivity index (χ1v) is 11.0. The molecule has 0 heterocycles. The molecular weight excluding hydrogens is 399 g/mol. The molecule has 0 saturated carbocycles. The highest BCUT2D eigenvalue weighted by Gasteiger charge is 2.20. The summed E-state index contributed by atoms with van der Waals surface area (Å²) in [6, 6.07) is 10.3. The van der Waals surface area contributed by atoms with Crippen molar-refractivity contribution >= 4 is 27.7 Å². The van der Waals surface area contributed by atoms with E-state index in [1.165, 1.54) is 13.0 Å². The minimum Gasteiger partial charge on any atom is -0.454 e. The molecule has 2 aromatic carbocycles. The Morgan fingerprint density at radius 1 is 1.03 bits per heavy atom. The summed E-state index contributed by atoms with van der Waals surface area (Å²) in [6.45, 7) is 13.8. The van der Waals surface area contributed by atoms with Crippen LogP contribution in [0.15, 0.2) is 41.4 Å². The molecule has 0 aliphatic rings. The molecule has 0 aliphatic heterocycles. The lowest BCUT2D eigenvalue weighted by Crippen LogP contribution is -2.16. The second kappa shape index (κ2) is 10.6. The molecule has 30 heavy (non-hydrogen) atoms. The number of benzene rings is 2. The van der Waals surface area contributed by atoms with E-state index >= 15 is 0 Å². The zero-order valence-electron chi connectivity index (χ0n) is 18.7. The van der Waals surface area contributed by atoms with Crippen LogP contribution in [-0.2, 0) is 4.79 Å². The summed E-state index contributed by atoms with van der Waals surface area (Å²) in [5.41, 5.74) is 2.97. The SMILES string of the molecule is CC(=O)SC(=NC(C)C)Nc1c(C(C)C)cc(Oc2ccccc2F)cc1C(C)C. The molecule has 0 spiro atoms. The van der Waals surface area contributed by atoms with Gasteiger partial charge in [-0.3, -0.25) is 9.79 Å². The van der Waals surface area contributed by atoms with Gasteiger partial charge in [-0.05, 0) is 72.8 Å². The van der Waals surface area contributed by atoms with Crippen molar-refractivity contribution in [1.82, 2.24) is 0 Å². The molecule has 1 N–H and O–H groups in total. The van der Waals surface area contributed by atoms with Gasteiger partial charge in [0, 0.05) is 18.7 Å². The van der Waals surface area contributed by atoms with Gasteiger partial charge < -0.3 is 10.1 Å². The summed E-state index contributed by atoms with van der Waals surface area (Å²) in [5.74, 6) is 0.728. The van der Waals surface area contributed by atoms with Crippen LogP contribution in [0.3, 0.4) is 0 Å². The van der Waals surface area contributed by atoms with Gasteiger partial charge in [0.2, 0.25) is 0 Å². The van der Waals surface area contributed by atoms with Crippen LogP contribution in [0, 0.1) is 5.82 Å². The van der Waals surface area contributed by atoms with E-state index in [1.54, 1.807) is 18.2 Å². The fraction of sp³-hybridized carbons (Fsp3) is 0.417. The van der Waals surface area contributed by atoms with Crippen molar-refractivity contribution < 1.29 is 13.9 Å². The van der Waals surface area contributed by atoms with Crippen LogP contribution in [0.5, 0.6) is 11.5 Å². The summed E-state index contributed by atoms with van der Waals surface area (Å²) in [6.07, 6.45) is 0. The molecule has 4 nitrogen and oxygen atoms in total. The molecular formula is C24H31FN2O2S. The second-order valence-corrected chi connectivity index (χ2v) is 9.23. The Bertz CT molecular complexity index is 894. The van der Waals surface area contributed by atoms with Crippen molar-refractivity contribution in [1.29, 1.82) is 0 Å². The monoisotopic (exact) mass is 430 g/mol. The Balaban J connectivity index is 2.56. The first-order chi connectivity index (χ1) is 14.1. The first-order valence-electron chi connectivity index (χ1n) is 10.2. The van der Waals surface area contributed by atoms with Gasteiger partial charge in [-0.1, -0.05) is 39.8 Å². The molecule has 2 aromatic rings. The Hall–Kier alpha value is -2.34. The number of nitrogens with one attached hydrogen (secondary N) is 1.